The quantitative estimate of drug-likeness (QED) is 0.427. The van der Waals surface area contributed by atoms with Crippen molar-refractivity contribution in [2.24, 2.45) is 0 Å². The van der Waals surface area contributed by atoms with Crippen LogP contribution in [0.2, 0.25) is 5.02 Å². The van der Waals surface area contributed by atoms with Crippen molar-refractivity contribution in [2.45, 2.75) is 6.61 Å². The first-order valence-electron chi connectivity index (χ1n) is 9.98. The molecule has 0 saturated carbocycles. The first kappa shape index (κ1) is 22.1. The van der Waals surface area contributed by atoms with Crippen LogP contribution < -0.4 is 19.7 Å². The summed E-state index contributed by atoms with van der Waals surface area (Å²) in [5, 5.41) is 2.81. The van der Waals surface area contributed by atoms with Crippen LogP contribution in [0.25, 0.3) is 6.08 Å². The molecule has 0 bridgehead atoms. The third kappa shape index (κ3) is 4.88. The fourth-order valence-electron chi connectivity index (χ4n) is 3.26. The molecule has 4 amide bonds. The second-order valence-corrected chi connectivity index (χ2v) is 7.52. The van der Waals surface area contributed by atoms with E-state index in [1.807, 2.05) is 18.2 Å². The topological polar surface area (TPSA) is 84.9 Å². The van der Waals surface area contributed by atoms with E-state index in [4.69, 9.17) is 21.1 Å². The van der Waals surface area contributed by atoms with Crippen LogP contribution in [0.15, 0.2) is 78.4 Å². The summed E-state index contributed by atoms with van der Waals surface area (Å²) < 4.78 is 10.9. The summed E-state index contributed by atoms with van der Waals surface area (Å²) in [6, 6.07) is 19.8. The third-order valence-electron chi connectivity index (χ3n) is 4.95. The standard InChI is InChI=1S/C25H19ClN2O5/c1-32-19-11-9-18(10-12-19)28-24(30)21(23(29)27-25(28)31)14-16-5-4-7-20(13-16)33-15-17-6-2-3-8-22(17)26/h2-14H,15H2,1H3,(H,27,29,31)/b21-14-. The molecule has 166 valence electrons. The minimum absolute atomic E-state index is 0.173. The zero-order chi connectivity index (χ0) is 23.4. The van der Waals surface area contributed by atoms with Crippen molar-refractivity contribution in [3.8, 4) is 11.5 Å². The van der Waals surface area contributed by atoms with Crippen LogP contribution in [-0.4, -0.2) is 25.0 Å². The van der Waals surface area contributed by atoms with E-state index < -0.39 is 17.8 Å². The maximum absolute atomic E-state index is 13.0. The largest absolute Gasteiger partial charge is 0.497 e. The lowest BCUT2D eigenvalue weighted by Crippen LogP contribution is -2.54. The fraction of sp³-hybridized carbons (Fsp3) is 0.0800. The maximum atomic E-state index is 13.0. The van der Waals surface area contributed by atoms with Gasteiger partial charge >= 0.3 is 6.03 Å². The van der Waals surface area contributed by atoms with Gasteiger partial charge in [-0.2, -0.15) is 0 Å². The van der Waals surface area contributed by atoms with Crippen LogP contribution in [0, 0.1) is 0 Å². The molecule has 1 fully saturated rings. The predicted molar refractivity (Wildman–Crippen MR) is 124 cm³/mol. The first-order valence-corrected chi connectivity index (χ1v) is 10.4. The fourth-order valence-corrected chi connectivity index (χ4v) is 3.45. The zero-order valence-electron chi connectivity index (χ0n) is 17.6. The van der Waals surface area contributed by atoms with Gasteiger partial charge in [0.2, 0.25) is 0 Å². The summed E-state index contributed by atoms with van der Waals surface area (Å²) in [6.45, 7) is 0.263. The first-order chi connectivity index (χ1) is 16.0. The number of anilines is 1. The van der Waals surface area contributed by atoms with Crippen LogP contribution in [0.1, 0.15) is 11.1 Å². The third-order valence-corrected chi connectivity index (χ3v) is 5.32. The van der Waals surface area contributed by atoms with E-state index >= 15 is 0 Å². The minimum atomic E-state index is -0.816. The van der Waals surface area contributed by atoms with Gasteiger partial charge in [-0.25, -0.2) is 9.69 Å². The van der Waals surface area contributed by atoms with Crippen LogP contribution in [0.5, 0.6) is 11.5 Å². The number of benzene rings is 3. The number of halogens is 1. The van der Waals surface area contributed by atoms with Crippen molar-refractivity contribution in [3.05, 3.63) is 94.5 Å². The molecular formula is C25H19ClN2O5. The van der Waals surface area contributed by atoms with Crippen molar-refractivity contribution in [1.29, 1.82) is 0 Å². The highest BCUT2D eigenvalue weighted by Crippen LogP contribution is 2.25. The smallest absolute Gasteiger partial charge is 0.335 e. The molecule has 1 aliphatic heterocycles. The van der Waals surface area contributed by atoms with Crippen molar-refractivity contribution in [2.75, 3.05) is 12.0 Å². The van der Waals surface area contributed by atoms with Gasteiger partial charge in [-0.3, -0.25) is 14.9 Å². The molecule has 0 aliphatic carbocycles. The molecule has 1 heterocycles. The Balaban J connectivity index is 1.57. The van der Waals surface area contributed by atoms with Crippen LogP contribution >= 0.6 is 11.6 Å². The molecule has 0 unspecified atom stereocenters. The molecule has 8 heteroatoms. The molecule has 1 aliphatic rings. The number of ether oxygens (including phenoxy) is 2. The van der Waals surface area contributed by atoms with Gasteiger partial charge in [0.15, 0.2) is 0 Å². The molecule has 1 N–H and O–H groups in total. The average Bonchev–Trinajstić information content (AvgIpc) is 2.82. The molecule has 0 aromatic heterocycles. The predicted octanol–water partition coefficient (Wildman–Crippen LogP) is 4.59. The van der Waals surface area contributed by atoms with Crippen molar-refractivity contribution >= 4 is 41.2 Å². The summed E-state index contributed by atoms with van der Waals surface area (Å²) in [6.07, 6.45) is 1.42. The van der Waals surface area contributed by atoms with Crippen molar-refractivity contribution in [3.63, 3.8) is 0 Å². The van der Waals surface area contributed by atoms with E-state index in [9.17, 15) is 14.4 Å². The molecule has 0 atom stereocenters. The number of nitrogens with zero attached hydrogens (tertiary/aromatic N) is 1. The Hall–Kier alpha value is -4.10. The molecule has 0 radical (unpaired) electrons. The number of urea groups is 1. The van der Waals surface area contributed by atoms with E-state index in [-0.39, 0.29) is 12.2 Å². The lowest BCUT2D eigenvalue weighted by Gasteiger charge is -2.26. The summed E-state index contributed by atoms with van der Waals surface area (Å²) in [5.41, 5.74) is 1.54. The Labute approximate surface area is 195 Å². The highest BCUT2D eigenvalue weighted by molar-refractivity contribution is 6.39. The van der Waals surface area contributed by atoms with Gasteiger partial charge in [-0.1, -0.05) is 41.9 Å². The number of amides is 4. The number of methoxy groups -OCH3 is 1. The summed E-state index contributed by atoms with van der Waals surface area (Å²) in [4.78, 5) is 38.7. The molecule has 7 nitrogen and oxygen atoms in total. The summed E-state index contributed by atoms with van der Waals surface area (Å²) in [7, 11) is 1.51. The van der Waals surface area contributed by atoms with Crippen molar-refractivity contribution < 1.29 is 23.9 Å². The Morgan fingerprint density at radius 1 is 0.939 bits per heavy atom. The van der Waals surface area contributed by atoms with E-state index in [0.717, 1.165) is 10.5 Å². The van der Waals surface area contributed by atoms with Gasteiger partial charge in [0, 0.05) is 10.6 Å². The molecule has 3 aromatic rings. The Morgan fingerprint density at radius 3 is 2.42 bits per heavy atom. The molecule has 33 heavy (non-hydrogen) atoms. The van der Waals surface area contributed by atoms with Gasteiger partial charge in [-0.05, 0) is 54.1 Å². The zero-order valence-corrected chi connectivity index (χ0v) is 18.3. The lowest BCUT2D eigenvalue weighted by molar-refractivity contribution is -0.122. The number of barbiturate groups is 1. The number of imide groups is 2. The average molecular weight is 463 g/mol. The van der Waals surface area contributed by atoms with Gasteiger partial charge in [0.05, 0.1) is 12.8 Å². The monoisotopic (exact) mass is 462 g/mol. The second kappa shape index (κ2) is 9.58. The lowest BCUT2D eigenvalue weighted by atomic mass is 10.1. The maximum Gasteiger partial charge on any atom is 0.335 e. The number of nitrogens with one attached hydrogen (secondary N) is 1. The number of carbonyl (C=O) groups excluding carboxylic acids is 3. The van der Waals surface area contributed by atoms with Gasteiger partial charge < -0.3 is 9.47 Å². The van der Waals surface area contributed by atoms with Crippen molar-refractivity contribution in [1.82, 2.24) is 5.32 Å². The van der Waals surface area contributed by atoms with Crippen LogP contribution in [0.4, 0.5) is 10.5 Å². The molecular weight excluding hydrogens is 444 g/mol. The number of carbonyl (C=O) groups is 3. The second-order valence-electron chi connectivity index (χ2n) is 7.11. The van der Waals surface area contributed by atoms with Crippen LogP contribution in [-0.2, 0) is 16.2 Å². The summed E-state index contributed by atoms with van der Waals surface area (Å²) >= 11 is 6.16. The number of hydrogen-bond donors (Lipinski definition) is 1. The Bertz CT molecular complexity index is 1250. The van der Waals surface area contributed by atoms with Gasteiger partial charge in [0.1, 0.15) is 23.7 Å². The molecule has 0 spiro atoms. The minimum Gasteiger partial charge on any atom is -0.497 e. The normalized spacial score (nSPS) is 14.9. The summed E-state index contributed by atoms with van der Waals surface area (Å²) in [5.74, 6) is -0.381. The Kier molecular flexibility index (Phi) is 6.42. The Morgan fingerprint density at radius 2 is 1.70 bits per heavy atom. The van der Waals surface area contributed by atoms with E-state index in [2.05, 4.69) is 5.32 Å². The van der Waals surface area contributed by atoms with E-state index in [1.54, 1.807) is 54.6 Å². The molecule has 1 saturated heterocycles. The highest BCUT2D eigenvalue weighted by Gasteiger charge is 2.36. The van der Waals surface area contributed by atoms with E-state index in [0.29, 0.717) is 27.8 Å². The molecule has 4 rings (SSSR count). The van der Waals surface area contributed by atoms with Gasteiger partial charge in [0.25, 0.3) is 11.8 Å². The van der Waals surface area contributed by atoms with E-state index in [1.165, 1.54) is 13.2 Å². The van der Waals surface area contributed by atoms with Gasteiger partial charge in [-0.15, -0.1) is 0 Å². The van der Waals surface area contributed by atoms with Crippen LogP contribution in [0.3, 0.4) is 0 Å². The SMILES string of the molecule is COc1ccc(N2C(=O)NC(=O)/C(=C/c3cccc(OCc4ccccc4Cl)c3)C2=O)cc1. The highest BCUT2D eigenvalue weighted by atomic mass is 35.5. The molecule has 3 aromatic carbocycles. The number of hydrogen-bond acceptors (Lipinski definition) is 5. The number of rotatable bonds is 6.